The third-order valence-electron chi connectivity index (χ3n) is 4.52. The lowest BCUT2D eigenvalue weighted by Crippen LogP contribution is -2.60. The Morgan fingerprint density at radius 3 is 2.93 bits per heavy atom. The van der Waals surface area contributed by atoms with Crippen molar-refractivity contribution in [2.45, 2.75) is 37.6 Å². The zero-order valence-corrected chi connectivity index (χ0v) is 16.6. The second-order valence-electron chi connectivity index (χ2n) is 6.84. The van der Waals surface area contributed by atoms with Gasteiger partial charge in [-0.2, -0.15) is 0 Å². The number of nitrogens with one attached hydrogen (secondary N) is 3. The molecule has 2 unspecified atom stereocenters. The maximum atomic E-state index is 12.1. The van der Waals surface area contributed by atoms with Gasteiger partial charge >= 0.3 is 0 Å². The smallest absolute Gasteiger partial charge is 0.226 e. The summed E-state index contributed by atoms with van der Waals surface area (Å²) in [7, 11) is 0. The number of aryl methyl sites for hydroxylation is 2. The summed E-state index contributed by atoms with van der Waals surface area (Å²) in [6.07, 6.45) is 1.78. The highest BCUT2D eigenvalue weighted by Crippen LogP contribution is 2.20. The van der Waals surface area contributed by atoms with Gasteiger partial charge in [0, 0.05) is 29.8 Å². The number of carbonyl (C=O) groups excluding carboxylic acids is 1. The van der Waals surface area contributed by atoms with Crippen LogP contribution in [0.2, 0.25) is 0 Å². The Labute approximate surface area is 167 Å². The summed E-state index contributed by atoms with van der Waals surface area (Å²) in [4.78, 5) is 25.6. The van der Waals surface area contributed by atoms with Crippen LogP contribution < -0.4 is 16.0 Å². The monoisotopic (exact) mass is 394 g/mol. The standard InChI is InChI=1S/C20H22N6OS/c1-12-6-7-16-15(9-12)13(2)22-19(24-16)26-20-23-14(10-17(27)25-20)11-28-18-5-3-4-8-21-18/h3-9,14,20,23H,10-11H2,1-2H3,(H,25,27)(H,22,24,26). The average Bonchev–Trinajstić information content (AvgIpc) is 2.67. The van der Waals surface area contributed by atoms with Gasteiger partial charge in [0.1, 0.15) is 0 Å². The largest absolute Gasteiger partial charge is 0.323 e. The topological polar surface area (TPSA) is 91.8 Å². The number of fused-ring (bicyclic) bond motifs is 1. The van der Waals surface area contributed by atoms with Crippen LogP contribution in [0, 0.1) is 13.8 Å². The molecule has 144 valence electrons. The third-order valence-corrected chi connectivity index (χ3v) is 5.63. The van der Waals surface area contributed by atoms with E-state index in [2.05, 4.69) is 43.9 Å². The summed E-state index contributed by atoms with van der Waals surface area (Å²) in [6, 6.07) is 12.0. The Morgan fingerprint density at radius 2 is 2.11 bits per heavy atom. The quantitative estimate of drug-likeness (QED) is 0.573. The van der Waals surface area contributed by atoms with Crippen molar-refractivity contribution in [3.05, 3.63) is 53.9 Å². The Hall–Kier alpha value is -2.71. The van der Waals surface area contributed by atoms with Crippen molar-refractivity contribution < 1.29 is 4.79 Å². The summed E-state index contributed by atoms with van der Waals surface area (Å²) < 4.78 is 0. The van der Waals surface area contributed by atoms with Gasteiger partial charge in [0.2, 0.25) is 11.9 Å². The van der Waals surface area contributed by atoms with Gasteiger partial charge in [-0.25, -0.2) is 15.0 Å². The molecule has 3 heterocycles. The average molecular weight is 395 g/mol. The summed E-state index contributed by atoms with van der Waals surface area (Å²) in [6.45, 7) is 4.02. The van der Waals surface area contributed by atoms with E-state index in [4.69, 9.17) is 0 Å². The van der Waals surface area contributed by atoms with E-state index in [9.17, 15) is 4.79 Å². The van der Waals surface area contributed by atoms with E-state index in [-0.39, 0.29) is 11.9 Å². The number of benzene rings is 1. The second-order valence-corrected chi connectivity index (χ2v) is 7.89. The number of rotatable bonds is 5. The molecule has 2 atom stereocenters. The number of nitrogens with zero attached hydrogens (tertiary/aromatic N) is 3. The van der Waals surface area contributed by atoms with Crippen LogP contribution in [-0.4, -0.2) is 38.9 Å². The Morgan fingerprint density at radius 1 is 1.21 bits per heavy atom. The maximum Gasteiger partial charge on any atom is 0.226 e. The number of anilines is 1. The van der Waals surface area contributed by atoms with Gasteiger partial charge in [0.15, 0.2) is 6.29 Å². The van der Waals surface area contributed by atoms with Crippen molar-refractivity contribution >= 4 is 34.5 Å². The molecule has 28 heavy (non-hydrogen) atoms. The lowest BCUT2D eigenvalue weighted by Gasteiger charge is -2.31. The molecule has 1 saturated heterocycles. The minimum absolute atomic E-state index is 0.00370. The first-order valence-electron chi connectivity index (χ1n) is 9.17. The predicted molar refractivity (Wildman–Crippen MR) is 111 cm³/mol. The van der Waals surface area contributed by atoms with Crippen molar-refractivity contribution in [3.8, 4) is 0 Å². The first-order valence-corrected chi connectivity index (χ1v) is 10.2. The van der Waals surface area contributed by atoms with Crippen LogP contribution in [0.3, 0.4) is 0 Å². The Kier molecular flexibility index (Phi) is 5.40. The molecule has 3 N–H and O–H groups in total. The molecule has 0 spiro atoms. The number of hydrogen-bond donors (Lipinski definition) is 3. The van der Waals surface area contributed by atoms with Crippen LogP contribution in [0.15, 0.2) is 47.6 Å². The summed E-state index contributed by atoms with van der Waals surface area (Å²) in [5, 5.41) is 11.5. The van der Waals surface area contributed by atoms with Gasteiger partial charge in [-0.15, -0.1) is 11.8 Å². The minimum Gasteiger partial charge on any atom is -0.323 e. The van der Waals surface area contributed by atoms with Crippen LogP contribution in [0.4, 0.5) is 5.95 Å². The number of pyridine rings is 1. The van der Waals surface area contributed by atoms with Crippen LogP contribution in [0.1, 0.15) is 17.7 Å². The molecule has 0 bridgehead atoms. The first-order chi connectivity index (χ1) is 13.6. The molecule has 8 heteroatoms. The fourth-order valence-corrected chi connectivity index (χ4v) is 4.07. The van der Waals surface area contributed by atoms with E-state index in [1.165, 1.54) is 5.56 Å². The van der Waals surface area contributed by atoms with E-state index >= 15 is 0 Å². The van der Waals surface area contributed by atoms with Crippen molar-refractivity contribution in [1.29, 1.82) is 0 Å². The molecule has 1 aliphatic heterocycles. The molecule has 0 radical (unpaired) electrons. The van der Waals surface area contributed by atoms with Gasteiger partial charge in [-0.3, -0.25) is 10.1 Å². The maximum absolute atomic E-state index is 12.1. The van der Waals surface area contributed by atoms with Crippen molar-refractivity contribution in [3.63, 3.8) is 0 Å². The summed E-state index contributed by atoms with van der Waals surface area (Å²) in [5.41, 5.74) is 2.96. The minimum atomic E-state index is -0.419. The molecule has 1 aliphatic rings. The number of hydrogen-bond acceptors (Lipinski definition) is 7. The van der Waals surface area contributed by atoms with Gasteiger partial charge in [-0.1, -0.05) is 17.7 Å². The molecule has 4 rings (SSSR count). The fourth-order valence-electron chi connectivity index (χ4n) is 3.17. The molecule has 1 amide bonds. The van der Waals surface area contributed by atoms with Gasteiger partial charge in [-0.05, 0) is 38.1 Å². The molecule has 1 aromatic carbocycles. The number of amides is 1. The predicted octanol–water partition coefficient (Wildman–Crippen LogP) is 2.61. The van der Waals surface area contributed by atoms with E-state index in [0.29, 0.717) is 12.4 Å². The lowest BCUT2D eigenvalue weighted by molar-refractivity contribution is -0.123. The number of thioether (sulfide) groups is 1. The second kappa shape index (κ2) is 8.12. The zero-order valence-electron chi connectivity index (χ0n) is 15.8. The SMILES string of the molecule is Cc1ccc2nc(NC3NC(=O)CC(CSc4ccccn4)N3)nc(C)c2c1. The van der Waals surface area contributed by atoms with Crippen LogP contribution >= 0.6 is 11.8 Å². The third kappa shape index (κ3) is 4.40. The normalized spacial score (nSPS) is 19.4. The van der Waals surface area contributed by atoms with Crippen LogP contribution in [0.5, 0.6) is 0 Å². The highest BCUT2D eigenvalue weighted by molar-refractivity contribution is 7.99. The number of carbonyl (C=O) groups is 1. The van der Waals surface area contributed by atoms with Gasteiger partial charge < -0.3 is 10.6 Å². The zero-order chi connectivity index (χ0) is 19.5. The molecule has 2 aromatic heterocycles. The summed E-state index contributed by atoms with van der Waals surface area (Å²) >= 11 is 1.63. The van der Waals surface area contributed by atoms with E-state index in [1.54, 1.807) is 18.0 Å². The molecule has 1 fully saturated rings. The molecule has 0 aliphatic carbocycles. The molecule has 3 aromatic rings. The Balaban J connectivity index is 1.44. The molecular formula is C20H22N6OS. The van der Waals surface area contributed by atoms with Crippen molar-refractivity contribution in [2.75, 3.05) is 11.1 Å². The van der Waals surface area contributed by atoms with Gasteiger partial charge in [0.25, 0.3) is 0 Å². The van der Waals surface area contributed by atoms with E-state index in [1.807, 2.05) is 37.3 Å². The Bertz CT molecular complexity index is 997. The lowest BCUT2D eigenvalue weighted by atomic mass is 10.1. The van der Waals surface area contributed by atoms with Crippen LogP contribution in [-0.2, 0) is 4.79 Å². The fraction of sp³-hybridized carbons (Fsp3) is 0.300. The first kappa shape index (κ1) is 18.6. The van der Waals surface area contributed by atoms with Crippen LogP contribution in [0.25, 0.3) is 10.9 Å². The van der Waals surface area contributed by atoms with Crippen molar-refractivity contribution in [1.82, 2.24) is 25.6 Å². The van der Waals surface area contributed by atoms with E-state index in [0.717, 1.165) is 27.4 Å². The molecule has 7 nitrogen and oxygen atoms in total. The molecule has 0 saturated carbocycles. The highest BCUT2D eigenvalue weighted by atomic mass is 32.2. The highest BCUT2D eigenvalue weighted by Gasteiger charge is 2.26. The summed E-state index contributed by atoms with van der Waals surface area (Å²) in [5.74, 6) is 1.24. The number of aromatic nitrogens is 3. The van der Waals surface area contributed by atoms with Gasteiger partial charge in [0.05, 0.1) is 16.2 Å². The van der Waals surface area contributed by atoms with E-state index < -0.39 is 6.29 Å². The molecular weight excluding hydrogens is 372 g/mol. The van der Waals surface area contributed by atoms with Crippen molar-refractivity contribution in [2.24, 2.45) is 0 Å².